The number of rotatable bonds is 2. The monoisotopic (exact) mass is 806 g/mol. The zero-order valence-electron chi connectivity index (χ0n) is 33.3. The Hall–Kier alpha value is -8.29. The van der Waals surface area contributed by atoms with Gasteiger partial charge in [0.2, 0.25) is 0 Å². The summed E-state index contributed by atoms with van der Waals surface area (Å²) < 4.78 is 38.4. The Balaban J connectivity index is 0.951. The third-order valence-corrected chi connectivity index (χ3v) is 13.9. The Bertz CT molecular complexity index is 3800. The highest BCUT2D eigenvalue weighted by atomic mass is 16.5. The Labute approximate surface area is 360 Å². The van der Waals surface area contributed by atoms with Gasteiger partial charge in [0.05, 0.1) is 33.4 Å². The molecule has 11 aromatic rings. The summed E-state index contributed by atoms with van der Waals surface area (Å²) in [5, 5.41) is 4.65. The molecule has 5 aliphatic rings. The zero-order valence-corrected chi connectivity index (χ0v) is 33.3. The molecule has 0 radical (unpaired) electrons. The molecule has 0 unspecified atom stereocenters. The highest BCUT2D eigenvalue weighted by molar-refractivity contribution is 7.00. The fourth-order valence-electron chi connectivity index (χ4n) is 11.4. The summed E-state index contributed by atoms with van der Waals surface area (Å²) in [7, 11) is 0. The van der Waals surface area contributed by atoms with Crippen molar-refractivity contribution in [2.24, 2.45) is 0 Å². The minimum atomic E-state index is -0.0572. The second-order valence-corrected chi connectivity index (χ2v) is 17.1. The molecule has 9 aromatic carbocycles. The van der Waals surface area contributed by atoms with Crippen LogP contribution in [0.15, 0.2) is 170 Å². The molecule has 0 N–H and O–H groups in total. The van der Waals surface area contributed by atoms with Gasteiger partial charge in [-0.05, 0) is 71.6 Å². The Morgan fingerprint density at radius 2 is 0.635 bits per heavy atom. The zero-order chi connectivity index (χ0) is 40.7. The maximum Gasteiger partial charge on any atom is 0.270 e. The van der Waals surface area contributed by atoms with Crippen LogP contribution in [0.3, 0.4) is 0 Å². The summed E-state index contributed by atoms with van der Waals surface area (Å²) in [4.78, 5) is 0. The minimum absolute atomic E-state index is 0.000235. The van der Waals surface area contributed by atoms with Gasteiger partial charge in [-0.2, -0.15) is 0 Å². The molecule has 9 heteroatoms. The van der Waals surface area contributed by atoms with Crippen molar-refractivity contribution in [3.8, 4) is 68.9 Å². The van der Waals surface area contributed by atoms with Crippen molar-refractivity contribution < 1.29 is 23.7 Å². The van der Waals surface area contributed by atoms with E-state index in [-0.39, 0.29) is 13.4 Å². The van der Waals surface area contributed by atoms with E-state index in [1.54, 1.807) is 0 Å². The van der Waals surface area contributed by atoms with E-state index in [2.05, 4.69) is 130 Å². The molecule has 0 aliphatic carbocycles. The lowest BCUT2D eigenvalue weighted by molar-refractivity contribution is 0.442. The Morgan fingerprint density at radius 3 is 1.13 bits per heavy atom. The van der Waals surface area contributed by atoms with Crippen molar-refractivity contribution in [2.75, 3.05) is 0 Å². The number of aromatic nitrogens is 2. The van der Waals surface area contributed by atoms with Crippen LogP contribution in [0, 0.1) is 0 Å². The van der Waals surface area contributed by atoms with Crippen molar-refractivity contribution in [2.45, 2.75) is 0 Å². The molecule has 0 atom stereocenters. The predicted octanol–water partition coefficient (Wildman–Crippen LogP) is 9.44. The third-order valence-electron chi connectivity index (χ3n) is 13.9. The number of hydrogen-bond donors (Lipinski definition) is 0. The van der Waals surface area contributed by atoms with E-state index in [1.807, 2.05) is 48.5 Å². The van der Waals surface area contributed by atoms with Crippen molar-refractivity contribution in [1.82, 2.24) is 9.13 Å². The van der Waals surface area contributed by atoms with E-state index in [1.165, 1.54) is 5.39 Å². The first-order valence-electron chi connectivity index (χ1n) is 21.4. The van der Waals surface area contributed by atoms with E-state index in [4.69, 9.17) is 23.7 Å². The van der Waals surface area contributed by atoms with Crippen LogP contribution in [-0.4, -0.2) is 22.6 Å². The molecule has 0 amide bonds. The largest absolute Gasteiger partial charge is 0.458 e. The lowest BCUT2D eigenvalue weighted by atomic mass is 9.34. The van der Waals surface area contributed by atoms with Crippen LogP contribution >= 0.6 is 0 Å². The maximum absolute atomic E-state index is 6.82. The van der Waals surface area contributed by atoms with Gasteiger partial charge in [-0.1, -0.05) is 84.9 Å². The summed E-state index contributed by atoms with van der Waals surface area (Å²) >= 11 is 0. The lowest BCUT2D eigenvalue weighted by Crippen LogP contribution is -2.59. The summed E-state index contributed by atoms with van der Waals surface area (Å²) in [6.45, 7) is -0.0574. The van der Waals surface area contributed by atoms with Crippen LogP contribution in [0.1, 0.15) is 0 Å². The van der Waals surface area contributed by atoms with Gasteiger partial charge in [0.1, 0.15) is 57.5 Å². The lowest BCUT2D eigenvalue weighted by Gasteiger charge is -2.37. The average Bonchev–Trinajstić information content (AvgIpc) is 3.82. The van der Waals surface area contributed by atoms with Gasteiger partial charge in [0.25, 0.3) is 13.4 Å². The molecule has 2 aromatic heterocycles. The average molecular weight is 806 g/mol. The molecule has 16 rings (SSSR count). The Morgan fingerprint density at radius 1 is 0.270 bits per heavy atom. The second-order valence-electron chi connectivity index (χ2n) is 17.1. The first-order valence-corrected chi connectivity index (χ1v) is 21.4. The van der Waals surface area contributed by atoms with Gasteiger partial charge in [-0.15, -0.1) is 0 Å². The van der Waals surface area contributed by atoms with Crippen molar-refractivity contribution in [3.63, 3.8) is 0 Å². The van der Waals surface area contributed by atoms with Crippen LogP contribution in [0.2, 0.25) is 0 Å². The molecule has 7 heterocycles. The van der Waals surface area contributed by atoms with Crippen molar-refractivity contribution >= 4 is 89.8 Å². The van der Waals surface area contributed by atoms with Crippen LogP contribution < -0.4 is 56.5 Å². The molecular weight excluding hydrogens is 778 g/mol. The van der Waals surface area contributed by atoms with E-state index < -0.39 is 0 Å². The number of hydrogen-bond acceptors (Lipinski definition) is 5. The van der Waals surface area contributed by atoms with Crippen LogP contribution in [0.25, 0.3) is 55.0 Å². The maximum atomic E-state index is 6.82. The quantitative estimate of drug-likeness (QED) is 0.163. The van der Waals surface area contributed by atoms with Gasteiger partial charge >= 0.3 is 0 Å². The smallest absolute Gasteiger partial charge is 0.270 e. The van der Waals surface area contributed by atoms with Gasteiger partial charge in [-0.3, -0.25) is 0 Å². The van der Waals surface area contributed by atoms with E-state index in [9.17, 15) is 0 Å². The fourth-order valence-corrected chi connectivity index (χ4v) is 11.4. The summed E-state index contributed by atoms with van der Waals surface area (Å²) in [5.41, 5.74) is 12.7. The highest BCUT2D eigenvalue weighted by Gasteiger charge is 2.47. The third kappa shape index (κ3) is 4.08. The predicted molar refractivity (Wildman–Crippen MR) is 251 cm³/mol. The van der Waals surface area contributed by atoms with Crippen LogP contribution in [0.4, 0.5) is 0 Å². The summed E-state index contributed by atoms with van der Waals surface area (Å²) in [6.07, 6.45) is 0. The molecule has 0 spiro atoms. The van der Waals surface area contributed by atoms with Crippen molar-refractivity contribution in [1.29, 1.82) is 0 Å². The molecule has 290 valence electrons. The SMILES string of the molecule is c1ccc2c(c1)Oc1cc(-n3c4ccccc4c4cc5c6ccccc6n(-c6cc7c8c(c6)Oc6cccc9c6B8c6c(cccc6O7)O9)c5cc43)cc3c1B2c1ccccc1O3. The molecule has 0 saturated heterocycles. The molecule has 0 fully saturated rings. The molecule has 7 nitrogen and oxygen atoms in total. The molecule has 0 bridgehead atoms. The number of benzene rings is 9. The summed E-state index contributed by atoms with van der Waals surface area (Å²) in [5.74, 6) is 8.15. The van der Waals surface area contributed by atoms with Crippen LogP contribution in [0.5, 0.6) is 57.5 Å². The molecule has 0 saturated carbocycles. The van der Waals surface area contributed by atoms with E-state index in [0.717, 1.165) is 140 Å². The number of fused-ring (bicyclic) bond motifs is 10. The number of ether oxygens (including phenoxy) is 5. The topological polar surface area (TPSA) is 56.0 Å². The minimum Gasteiger partial charge on any atom is -0.458 e. The van der Waals surface area contributed by atoms with Gasteiger partial charge in [0, 0.05) is 67.7 Å². The van der Waals surface area contributed by atoms with E-state index >= 15 is 0 Å². The highest BCUT2D eigenvalue weighted by Crippen LogP contribution is 2.46. The molecule has 63 heavy (non-hydrogen) atoms. The normalized spacial score (nSPS) is 14.0. The Kier molecular flexibility index (Phi) is 5.85. The van der Waals surface area contributed by atoms with Crippen molar-refractivity contribution in [3.05, 3.63) is 170 Å². The molecular formula is C54H28B2N2O5. The van der Waals surface area contributed by atoms with Crippen LogP contribution in [-0.2, 0) is 0 Å². The van der Waals surface area contributed by atoms with Gasteiger partial charge < -0.3 is 32.8 Å². The fraction of sp³-hybridized carbons (Fsp3) is 0. The first kappa shape index (κ1) is 32.5. The second kappa shape index (κ2) is 11.3. The standard InChI is InChI=1S/C54H28B2N2O5/c1-5-15-37-31(11-1)33-27-34-32-12-2-6-16-38(32)58(30-25-49-54-50(26-30)63-46-22-10-20-44-52(46)56(54)51-43(61-44)19-9-21-45(51)62-49)40(34)28-39(33)57(37)29-23-47-53-48(24-29)60-42-18-8-4-14-36(42)55(53)35-13-3-7-17-41(35)59-47/h1-28H. The van der Waals surface area contributed by atoms with Gasteiger partial charge in [0.15, 0.2) is 0 Å². The summed E-state index contributed by atoms with van der Waals surface area (Å²) in [6, 6.07) is 59.7. The molecule has 5 aliphatic heterocycles. The number of para-hydroxylation sites is 4. The van der Waals surface area contributed by atoms with Gasteiger partial charge in [-0.25, -0.2) is 0 Å². The first-order chi connectivity index (χ1) is 31.2. The van der Waals surface area contributed by atoms with E-state index in [0.29, 0.717) is 0 Å². The number of nitrogens with zero attached hydrogens (tertiary/aromatic N) is 2.